The van der Waals surface area contributed by atoms with E-state index in [1.807, 2.05) is 24.3 Å². The average Bonchev–Trinajstić information content (AvgIpc) is 2.90. The van der Waals surface area contributed by atoms with Gasteiger partial charge in [-0.05, 0) is 23.8 Å². The van der Waals surface area contributed by atoms with Gasteiger partial charge in [0.2, 0.25) is 0 Å². The quantitative estimate of drug-likeness (QED) is 0.745. The number of carboxylic acid groups (broad SMARTS) is 1. The van der Waals surface area contributed by atoms with E-state index >= 15 is 0 Å². The first-order valence-electron chi connectivity index (χ1n) is 6.83. The highest BCUT2D eigenvalue weighted by Crippen LogP contribution is 2.34. The second-order valence-electron chi connectivity index (χ2n) is 4.93. The van der Waals surface area contributed by atoms with Crippen molar-refractivity contribution in [2.45, 2.75) is 6.54 Å². The molecule has 116 valence electrons. The Bertz CT molecular complexity index is 886. The monoisotopic (exact) mass is 345 g/mol. The normalized spacial score (nSPS) is 10.7. The largest absolute Gasteiger partial charge is 0.478 e. The van der Waals surface area contributed by atoms with Gasteiger partial charge in [-0.15, -0.1) is 11.3 Å². The summed E-state index contributed by atoms with van der Waals surface area (Å²) >= 11 is 7.63. The molecule has 0 saturated carbocycles. The van der Waals surface area contributed by atoms with Gasteiger partial charge in [-0.3, -0.25) is 4.79 Å². The molecule has 0 aliphatic rings. The van der Waals surface area contributed by atoms with Crippen molar-refractivity contribution in [3.05, 3.63) is 69.6 Å². The van der Waals surface area contributed by atoms with Crippen molar-refractivity contribution >= 4 is 44.9 Å². The molecule has 0 atom stereocenters. The summed E-state index contributed by atoms with van der Waals surface area (Å²) in [6.45, 7) is 0.309. The number of rotatable bonds is 4. The summed E-state index contributed by atoms with van der Waals surface area (Å²) < 4.78 is 0.966. The number of halogens is 1. The molecule has 1 aromatic heterocycles. The van der Waals surface area contributed by atoms with E-state index < -0.39 is 5.97 Å². The molecule has 0 radical (unpaired) electrons. The van der Waals surface area contributed by atoms with Crippen LogP contribution in [-0.2, 0) is 6.54 Å². The van der Waals surface area contributed by atoms with Gasteiger partial charge in [0, 0.05) is 16.6 Å². The summed E-state index contributed by atoms with van der Waals surface area (Å²) in [5, 5.41) is 13.0. The third-order valence-electron chi connectivity index (χ3n) is 3.40. The third kappa shape index (κ3) is 3.21. The molecule has 23 heavy (non-hydrogen) atoms. The predicted molar refractivity (Wildman–Crippen MR) is 91.4 cm³/mol. The maximum Gasteiger partial charge on any atom is 0.335 e. The molecule has 6 heteroatoms. The zero-order chi connectivity index (χ0) is 16.4. The summed E-state index contributed by atoms with van der Waals surface area (Å²) in [7, 11) is 0. The zero-order valence-electron chi connectivity index (χ0n) is 11.9. The molecule has 4 nitrogen and oxygen atoms in total. The summed E-state index contributed by atoms with van der Waals surface area (Å²) in [4.78, 5) is 23.6. The Morgan fingerprint density at radius 1 is 1.09 bits per heavy atom. The van der Waals surface area contributed by atoms with Gasteiger partial charge in [0.25, 0.3) is 5.91 Å². The highest BCUT2D eigenvalue weighted by molar-refractivity contribution is 7.21. The van der Waals surface area contributed by atoms with Crippen molar-refractivity contribution in [2.24, 2.45) is 0 Å². The van der Waals surface area contributed by atoms with Crippen LogP contribution in [0.25, 0.3) is 10.1 Å². The third-order valence-corrected chi connectivity index (χ3v) is 5.07. The lowest BCUT2D eigenvalue weighted by atomic mass is 10.1. The van der Waals surface area contributed by atoms with E-state index in [1.165, 1.54) is 23.5 Å². The molecule has 2 N–H and O–H groups in total. The number of thiophene rings is 1. The number of carboxylic acids is 1. The predicted octanol–water partition coefficient (Wildman–Crippen LogP) is 4.18. The van der Waals surface area contributed by atoms with Gasteiger partial charge in [0.05, 0.1) is 10.6 Å². The lowest BCUT2D eigenvalue weighted by Gasteiger charge is -2.05. The summed E-state index contributed by atoms with van der Waals surface area (Å²) in [5.74, 6) is -1.21. The zero-order valence-corrected chi connectivity index (χ0v) is 13.4. The van der Waals surface area contributed by atoms with E-state index in [2.05, 4.69) is 5.32 Å². The van der Waals surface area contributed by atoms with Crippen LogP contribution < -0.4 is 5.32 Å². The van der Waals surface area contributed by atoms with Crippen LogP contribution in [-0.4, -0.2) is 17.0 Å². The van der Waals surface area contributed by atoms with Gasteiger partial charge in [-0.1, -0.05) is 41.9 Å². The topological polar surface area (TPSA) is 66.4 Å². The number of aromatic carboxylic acids is 1. The number of amides is 1. The van der Waals surface area contributed by atoms with E-state index in [1.54, 1.807) is 12.1 Å². The first-order chi connectivity index (χ1) is 11.1. The van der Waals surface area contributed by atoms with Crippen LogP contribution in [0.15, 0.2) is 48.5 Å². The Balaban J connectivity index is 1.73. The van der Waals surface area contributed by atoms with Crippen molar-refractivity contribution in [2.75, 3.05) is 0 Å². The number of carbonyl (C=O) groups excluding carboxylic acids is 1. The molecule has 0 unspecified atom stereocenters. The number of nitrogens with one attached hydrogen (secondary N) is 1. The van der Waals surface area contributed by atoms with Gasteiger partial charge in [-0.25, -0.2) is 4.79 Å². The van der Waals surface area contributed by atoms with Gasteiger partial charge < -0.3 is 10.4 Å². The van der Waals surface area contributed by atoms with E-state index in [0.29, 0.717) is 16.4 Å². The second-order valence-corrected chi connectivity index (χ2v) is 6.36. The Hall–Kier alpha value is -2.37. The molecule has 0 fully saturated rings. The fraction of sp³-hybridized carbons (Fsp3) is 0.0588. The molecule has 1 heterocycles. The van der Waals surface area contributed by atoms with Crippen LogP contribution in [0.5, 0.6) is 0 Å². The Morgan fingerprint density at radius 2 is 1.78 bits per heavy atom. The lowest BCUT2D eigenvalue weighted by molar-refractivity contribution is 0.0696. The molecule has 0 bridgehead atoms. The maximum atomic E-state index is 12.3. The Labute approximate surface area is 141 Å². The van der Waals surface area contributed by atoms with Crippen molar-refractivity contribution in [1.29, 1.82) is 0 Å². The van der Waals surface area contributed by atoms with Gasteiger partial charge in [0.15, 0.2) is 0 Å². The molecular formula is C17H12ClNO3S. The number of fused-ring (bicyclic) bond motifs is 1. The second kappa shape index (κ2) is 6.40. The summed E-state index contributed by atoms with van der Waals surface area (Å²) in [5.41, 5.74) is 1.04. The van der Waals surface area contributed by atoms with Crippen molar-refractivity contribution in [3.8, 4) is 0 Å². The van der Waals surface area contributed by atoms with Crippen LogP contribution in [0.3, 0.4) is 0 Å². The molecule has 1 amide bonds. The Morgan fingerprint density at radius 3 is 2.43 bits per heavy atom. The average molecular weight is 346 g/mol. The number of hydrogen-bond acceptors (Lipinski definition) is 3. The Kier molecular flexibility index (Phi) is 4.32. The number of hydrogen-bond donors (Lipinski definition) is 2. The lowest BCUT2D eigenvalue weighted by Crippen LogP contribution is -2.22. The minimum absolute atomic E-state index is 0.215. The van der Waals surface area contributed by atoms with Crippen LogP contribution in [0, 0.1) is 0 Å². The highest BCUT2D eigenvalue weighted by Gasteiger charge is 2.16. The summed E-state index contributed by atoms with van der Waals surface area (Å²) in [6, 6.07) is 14.0. The molecule has 0 aliphatic carbocycles. The summed E-state index contributed by atoms with van der Waals surface area (Å²) in [6.07, 6.45) is 0. The van der Waals surface area contributed by atoms with E-state index in [-0.39, 0.29) is 11.5 Å². The van der Waals surface area contributed by atoms with Crippen LogP contribution in [0.1, 0.15) is 25.6 Å². The van der Waals surface area contributed by atoms with Gasteiger partial charge in [0.1, 0.15) is 4.88 Å². The molecule has 2 aromatic carbocycles. The van der Waals surface area contributed by atoms with Gasteiger partial charge in [-0.2, -0.15) is 0 Å². The molecular weight excluding hydrogens is 334 g/mol. The van der Waals surface area contributed by atoms with Crippen LogP contribution in [0.4, 0.5) is 0 Å². The standard InChI is InChI=1S/C17H12ClNO3S/c18-14-12-3-1-2-4-13(12)23-15(14)16(20)19-9-10-5-7-11(8-6-10)17(21)22/h1-8H,9H2,(H,19,20)(H,21,22). The molecule has 0 aliphatic heterocycles. The van der Waals surface area contributed by atoms with E-state index in [0.717, 1.165) is 15.6 Å². The van der Waals surface area contributed by atoms with Crippen molar-refractivity contribution in [3.63, 3.8) is 0 Å². The molecule has 0 spiro atoms. The van der Waals surface area contributed by atoms with E-state index in [9.17, 15) is 9.59 Å². The van der Waals surface area contributed by atoms with Crippen molar-refractivity contribution < 1.29 is 14.7 Å². The van der Waals surface area contributed by atoms with E-state index in [4.69, 9.17) is 16.7 Å². The maximum absolute atomic E-state index is 12.3. The molecule has 0 saturated heterocycles. The van der Waals surface area contributed by atoms with Crippen LogP contribution >= 0.6 is 22.9 Å². The fourth-order valence-corrected chi connectivity index (χ4v) is 3.62. The van der Waals surface area contributed by atoms with Crippen LogP contribution in [0.2, 0.25) is 5.02 Å². The first kappa shape index (κ1) is 15.5. The number of carbonyl (C=O) groups is 2. The SMILES string of the molecule is O=C(O)c1ccc(CNC(=O)c2sc3ccccc3c2Cl)cc1. The van der Waals surface area contributed by atoms with Gasteiger partial charge >= 0.3 is 5.97 Å². The highest BCUT2D eigenvalue weighted by atomic mass is 35.5. The minimum Gasteiger partial charge on any atom is -0.478 e. The fourth-order valence-electron chi connectivity index (χ4n) is 2.19. The number of benzene rings is 2. The van der Waals surface area contributed by atoms with Crippen molar-refractivity contribution in [1.82, 2.24) is 5.32 Å². The first-order valence-corrected chi connectivity index (χ1v) is 8.03. The minimum atomic E-state index is -0.974. The molecule has 3 rings (SSSR count). The molecule has 3 aromatic rings. The smallest absolute Gasteiger partial charge is 0.335 e.